The van der Waals surface area contributed by atoms with E-state index < -0.39 is 4.92 Å². The summed E-state index contributed by atoms with van der Waals surface area (Å²) in [5, 5.41) is 11.4. The lowest BCUT2D eigenvalue weighted by Gasteiger charge is -2.43. The molecular formula is C16H23N3O3. The van der Waals surface area contributed by atoms with Crippen LogP contribution in [0.4, 0.5) is 11.4 Å². The van der Waals surface area contributed by atoms with Gasteiger partial charge >= 0.3 is 0 Å². The number of hydrogen-bond donors (Lipinski definition) is 0. The van der Waals surface area contributed by atoms with Crippen LogP contribution in [-0.2, 0) is 0 Å². The average Bonchev–Trinajstić information content (AvgIpc) is 2.46. The minimum absolute atomic E-state index is 0.0166. The van der Waals surface area contributed by atoms with Gasteiger partial charge in [0, 0.05) is 37.3 Å². The molecule has 22 heavy (non-hydrogen) atoms. The van der Waals surface area contributed by atoms with Crippen molar-refractivity contribution in [2.75, 3.05) is 31.6 Å². The lowest BCUT2D eigenvalue weighted by atomic mass is 9.98. The van der Waals surface area contributed by atoms with Crippen LogP contribution in [0.1, 0.15) is 31.1 Å². The van der Waals surface area contributed by atoms with Gasteiger partial charge in [0.15, 0.2) is 5.78 Å². The standard InChI is InChI=1S/C16H23N3O3/c1-11(2)16-10-17(4)7-8-18(16)14-6-5-13(12(3)20)9-15(14)19(21)22/h5-6,9,11,16H,7-8,10H2,1-4H3. The predicted molar refractivity (Wildman–Crippen MR) is 86.6 cm³/mol. The highest BCUT2D eigenvalue weighted by Gasteiger charge is 2.32. The van der Waals surface area contributed by atoms with Gasteiger partial charge in [0.05, 0.1) is 4.92 Å². The fourth-order valence-electron chi connectivity index (χ4n) is 2.95. The number of nitro benzene ring substituents is 1. The maximum atomic E-state index is 11.5. The van der Waals surface area contributed by atoms with E-state index in [-0.39, 0.29) is 17.5 Å². The molecule has 2 rings (SSSR count). The number of piperazine rings is 1. The Labute approximate surface area is 130 Å². The molecule has 0 radical (unpaired) electrons. The van der Waals surface area contributed by atoms with Crippen LogP contribution in [0, 0.1) is 16.0 Å². The highest BCUT2D eigenvalue weighted by molar-refractivity contribution is 5.95. The molecular weight excluding hydrogens is 282 g/mol. The van der Waals surface area contributed by atoms with Crippen molar-refractivity contribution in [2.45, 2.75) is 26.8 Å². The zero-order valence-corrected chi connectivity index (χ0v) is 13.6. The molecule has 1 saturated heterocycles. The second kappa shape index (κ2) is 6.44. The minimum Gasteiger partial charge on any atom is -0.360 e. The van der Waals surface area contributed by atoms with Crippen molar-refractivity contribution in [1.29, 1.82) is 0 Å². The van der Waals surface area contributed by atoms with Crippen LogP contribution in [0.3, 0.4) is 0 Å². The van der Waals surface area contributed by atoms with Crippen LogP contribution in [0.5, 0.6) is 0 Å². The maximum absolute atomic E-state index is 11.5. The van der Waals surface area contributed by atoms with Crippen LogP contribution >= 0.6 is 0 Å². The van der Waals surface area contributed by atoms with Gasteiger partial charge in [-0.3, -0.25) is 14.9 Å². The molecule has 1 atom stereocenters. The number of nitrogens with zero attached hydrogens (tertiary/aromatic N) is 3. The van der Waals surface area contributed by atoms with E-state index in [9.17, 15) is 14.9 Å². The van der Waals surface area contributed by atoms with Crippen molar-refractivity contribution in [3.8, 4) is 0 Å². The van der Waals surface area contributed by atoms with Gasteiger partial charge in [-0.15, -0.1) is 0 Å². The Morgan fingerprint density at radius 2 is 2.05 bits per heavy atom. The normalized spacial score (nSPS) is 19.5. The zero-order valence-electron chi connectivity index (χ0n) is 13.6. The van der Waals surface area contributed by atoms with Gasteiger partial charge < -0.3 is 9.80 Å². The Hall–Kier alpha value is -1.95. The molecule has 1 aromatic carbocycles. The van der Waals surface area contributed by atoms with Crippen molar-refractivity contribution < 1.29 is 9.72 Å². The number of nitro groups is 1. The first-order chi connectivity index (χ1) is 10.3. The summed E-state index contributed by atoms with van der Waals surface area (Å²) in [5.41, 5.74) is 1.01. The van der Waals surface area contributed by atoms with Crippen molar-refractivity contribution in [1.82, 2.24) is 4.90 Å². The fourth-order valence-corrected chi connectivity index (χ4v) is 2.95. The predicted octanol–water partition coefficient (Wildman–Crippen LogP) is 2.57. The van der Waals surface area contributed by atoms with Crippen LogP contribution in [0.2, 0.25) is 0 Å². The Balaban J connectivity index is 2.45. The number of anilines is 1. The molecule has 1 heterocycles. The molecule has 1 unspecified atom stereocenters. The number of likely N-dealkylation sites (N-methyl/N-ethyl adjacent to an activating group) is 1. The molecule has 0 aliphatic carbocycles. The van der Waals surface area contributed by atoms with E-state index in [1.807, 2.05) is 0 Å². The molecule has 6 nitrogen and oxygen atoms in total. The third-order valence-electron chi connectivity index (χ3n) is 4.28. The summed E-state index contributed by atoms with van der Waals surface area (Å²) in [4.78, 5) is 26.9. The van der Waals surface area contributed by atoms with Gasteiger partial charge in [0.25, 0.3) is 5.69 Å². The van der Waals surface area contributed by atoms with Crippen LogP contribution in [0.15, 0.2) is 18.2 Å². The Morgan fingerprint density at radius 1 is 1.36 bits per heavy atom. The van der Waals surface area contributed by atoms with Crippen molar-refractivity contribution >= 4 is 17.2 Å². The average molecular weight is 305 g/mol. The number of hydrogen-bond acceptors (Lipinski definition) is 5. The first-order valence-electron chi connectivity index (χ1n) is 7.55. The maximum Gasteiger partial charge on any atom is 0.293 e. The van der Waals surface area contributed by atoms with E-state index in [0.717, 1.165) is 19.6 Å². The van der Waals surface area contributed by atoms with Gasteiger partial charge in [0.1, 0.15) is 5.69 Å². The molecule has 0 spiro atoms. The lowest BCUT2D eigenvalue weighted by molar-refractivity contribution is -0.384. The molecule has 1 aliphatic heterocycles. The minimum atomic E-state index is -0.391. The molecule has 6 heteroatoms. The molecule has 1 fully saturated rings. The SMILES string of the molecule is CC(=O)c1ccc(N2CCN(C)CC2C(C)C)c([N+](=O)[O-])c1. The Kier molecular flexibility index (Phi) is 4.81. The fraction of sp³-hybridized carbons (Fsp3) is 0.562. The van der Waals surface area contributed by atoms with Gasteiger partial charge in [-0.25, -0.2) is 0 Å². The number of Topliss-reactive ketones (excluding diaryl/α,β-unsaturated/α-hetero) is 1. The highest BCUT2D eigenvalue weighted by Crippen LogP contribution is 2.33. The van der Waals surface area contributed by atoms with E-state index >= 15 is 0 Å². The summed E-state index contributed by atoms with van der Waals surface area (Å²) in [6, 6.07) is 5.02. The number of benzene rings is 1. The van der Waals surface area contributed by atoms with E-state index in [2.05, 4.69) is 30.7 Å². The smallest absolute Gasteiger partial charge is 0.293 e. The highest BCUT2D eigenvalue weighted by atomic mass is 16.6. The van der Waals surface area contributed by atoms with E-state index in [1.165, 1.54) is 13.0 Å². The number of carbonyl (C=O) groups excluding carboxylic acids is 1. The molecule has 0 aromatic heterocycles. The van der Waals surface area contributed by atoms with Crippen LogP contribution in [-0.4, -0.2) is 48.3 Å². The van der Waals surface area contributed by atoms with E-state index in [0.29, 0.717) is 17.2 Å². The quantitative estimate of drug-likeness (QED) is 0.486. The first-order valence-corrected chi connectivity index (χ1v) is 7.55. The van der Waals surface area contributed by atoms with Gasteiger partial charge in [-0.1, -0.05) is 13.8 Å². The van der Waals surface area contributed by atoms with Crippen molar-refractivity contribution in [3.05, 3.63) is 33.9 Å². The zero-order chi connectivity index (χ0) is 16.4. The second-order valence-corrected chi connectivity index (χ2v) is 6.28. The number of rotatable bonds is 4. The third-order valence-corrected chi connectivity index (χ3v) is 4.28. The van der Waals surface area contributed by atoms with Gasteiger partial charge in [-0.05, 0) is 32.0 Å². The second-order valence-electron chi connectivity index (χ2n) is 6.28. The largest absolute Gasteiger partial charge is 0.360 e. The van der Waals surface area contributed by atoms with Crippen LogP contribution < -0.4 is 4.90 Å². The number of ketones is 1. The Morgan fingerprint density at radius 3 is 2.59 bits per heavy atom. The molecule has 0 N–H and O–H groups in total. The molecule has 1 aromatic rings. The molecule has 0 amide bonds. The topological polar surface area (TPSA) is 66.7 Å². The molecule has 1 aliphatic rings. The molecule has 120 valence electrons. The van der Waals surface area contributed by atoms with E-state index in [4.69, 9.17) is 0 Å². The Bertz CT molecular complexity index is 586. The summed E-state index contributed by atoms with van der Waals surface area (Å²) >= 11 is 0. The molecule has 0 saturated carbocycles. The summed E-state index contributed by atoms with van der Waals surface area (Å²) in [6.45, 7) is 8.18. The number of carbonyl (C=O) groups is 1. The summed E-state index contributed by atoms with van der Waals surface area (Å²) < 4.78 is 0. The summed E-state index contributed by atoms with van der Waals surface area (Å²) in [6.07, 6.45) is 0. The summed E-state index contributed by atoms with van der Waals surface area (Å²) in [7, 11) is 2.07. The summed E-state index contributed by atoms with van der Waals surface area (Å²) in [5.74, 6) is 0.225. The molecule has 0 bridgehead atoms. The lowest BCUT2D eigenvalue weighted by Crippen LogP contribution is -2.54. The van der Waals surface area contributed by atoms with Crippen LogP contribution in [0.25, 0.3) is 0 Å². The van der Waals surface area contributed by atoms with Crippen molar-refractivity contribution in [2.24, 2.45) is 5.92 Å². The monoisotopic (exact) mass is 305 g/mol. The van der Waals surface area contributed by atoms with Gasteiger partial charge in [0.2, 0.25) is 0 Å². The van der Waals surface area contributed by atoms with Crippen molar-refractivity contribution in [3.63, 3.8) is 0 Å². The van der Waals surface area contributed by atoms with E-state index in [1.54, 1.807) is 12.1 Å². The van der Waals surface area contributed by atoms with Gasteiger partial charge in [-0.2, -0.15) is 0 Å². The third kappa shape index (κ3) is 3.27. The first kappa shape index (κ1) is 16.4.